The molecule has 1 saturated carbocycles. The molecule has 3 atom stereocenters. The molecule has 6 nitrogen and oxygen atoms in total. The summed E-state index contributed by atoms with van der Waals surface area (Å²) in [5.74, 6) is -1.38. The summed E-state index contributed by atoms with van der Waals surface area (Å²) in [5, 5.41) is 12.1. The van der Waals surface area contributed by atoms with Gasteiger partial charge in [-0.1, -0.05) is 40.9 Å². The maximum Gasteiger partial charge on any atom is 0.417 e. The molecule has 10 heteroatoms. The Morgan fingerprint density at radius 2 is 1.97 bits per heavy atom. The van der Waals surface area contributed by atoms with E-state index in [0.717, 1.165) is 5.56 Å². The van der Waals surface area contributed by atoms with Gasteiger partial charge in [-0.05, 0) is 62.2 Å². The summed E-state index contributed by atoms with van der Waals surface area (Å²) < 4.78 is 48.1. The van der Waals surface area contributed by atoms with E-state index >= 15 is 0 Å². The van der Waals surface area contributed by atoms with E-state index in [4.69, 9.17) is 0 Å². The Kier molecular flexibility index (Phi) is 5.85. The van der Waals surface area contributed by atoms with Crippen molar-refractivity contribution in [1.82, 2.24) is 9.88 Å². The van der Waals surface area contributed by atoms with Gasteiger partial charge in [0.05, 0.1) is 11.1 Å². The summed E-state index contributed by atoms with van der Waals surface area (Å²) >= 11 is -1.08. The van der Waals surface area contributed by atoms with Gasteiger partial charge in [0, 0.05) is 29.8 Å². The molecule has 1 amide bonds. The molecule has 2 aliphatic carbocycles. The van der Waals surface area contributed by atoms with Crippen molar-refractivity contribution in [1.29, 1.82) is 0 Å². The Bertz CT molecular complexity index is 1510. The van der Waals surface area contributed by atoms with E-state index in [1.54, 1.807) is 24.3 Å². The highest BCUT2D eigenvalue weighted by Crippen LogP contribution is 2.66. The topological polar surface area (TPSA) is 88.4 Å². The van der Waals surface area contributed by atoms with Crippen LogP contribution in [-0.4, -0.2) is 30.1 Å². The number of carboxylic acids is 1. The Morgan fingerprint density at radius 3 is 2.64 bits per heavy atom. The minimum Gasteiger partial charge on any atom is -0.480 e. The SMILES string of the molecule is C=IC(=O)N[C@@H](Cc1cccc2c1CC1CC21c1c(C(F)(F)F)c2ccccc2n(C)c1=O)C(=O)O. The number of carbonyl (C=O) groups excluding carboxylic acids is 1. The number of hydrogen-bond donors (Lipinski definition) is 2. The van der Waals surface area contributed by atoms with Gasteiger partial charge in [-0.2, -0.15) is 13.2 Å². The van der Waals surface area contributed by atoms with Crippen LogP contribution in [0.3, 0.4) is 0 Å². The molecule has 3 aromatic rings. The molecule has 2 N–H and O–H groups in total. The summed E-state index contributed by atoms with van der Waals surface area (Å²) in [6.07, 6.45) is -3.87. The van der Waals surface area contributed by atoms with Crippen molar-refractivity contribution in [2.45, 2.75) is 36.9 Å². The second-order valence-corrected chi connectivity index (χ2v) is 11.0. The van der Waals surface area contributed by atoms with Crippen LogP contribution in [0.5, 0.6) is 0 Å². The number of alkyl halides is 3. The molecule has 0 bridgehead atoms. The van der Waals surface area contributed by atoms with Gasteiger partial charge in [0.1, 0.15) is 6.04 Å². The number of aryl methyl sites for hydroxylation is 1. The average Bonchev–Trinajstić information content (AvgIpc) is 3.45. The zero-order valence-electron chi connectivity index (χ0n) is 19.2. The normalized spacial score (nSPS) is 21.1. The Balaban J connectivity index is 1.69. The van der Waals surface area contributed by atoms with Gasteiger partial charge in [-0.3, -0.25) is 9.59 Å². The first-order chi connectivity index (χ1) is 17.0. The van der Waals surface area contributed by atoms with Crippen molar-refractivity contribution in [2.24, 2.45) is 13.0 Å². The molecular weight excluding hydrogens is 588 g/mol. The lowest BCUT2D eigenvalue weighted by atomic mass is 9.83. The fourth-order valence-corrected chi connectivity index (χ4v) is 6.47. The highest BCUT2D eigenvalue weighted by Gasteiger charge is 2.64. The fraction of sp³-hybridized carbons (Fsp3) is 0.308. The second kappa shape index (κ2) is 8.53. The highest BCUT2D eigenvalue weighted by molar-refractivity contribution is 14.2. The molecule has 2 unspecified atom stereocenters. The maximum absolute atomic E-state index is 14.5. The number of carbonyl (C=O) groups is 2. The summed E-state index contributed by atoms with van der Waals surface area (Å²) in [5.41, 5.74) is -0.594. The highest BCUT2D eigenvalue weighted by atomic mass is 127. The van der Waals surface area contributed by atoms with Crippen LogP contribution >= 0.6 is 20.7 Å². The van der Waals surface area contributed by atoms with Crippen molar-refractivity contribution in [3.05, 3.63) is 80.6 Å². The Hall–Kier alpha value is -3.02. The number of rotatable bonds is 6. The lowest BCUT2D eigenvalue weighted by Gasteiger charge is -2.24. The lowest BCUT2D eigenvalue weighted by Crippen LogP contribution is -2.40. The largest absolute Gasteiger partial charge is 0.480 e. The third-order valence-corrected chi connectivity index (χ3v) is 8.48. The van der Waals surface area contributed by atoms with E-state index in [2.05, 4.69) is 9.83 Å². The van der Waals surface area contributed by atoms with E-state index < -0.39 is 59.4 Å². The monoisotopic (exact) mass is 610 g/mol. The first-order valence-electron chi connectivity index (χ1n) is 11.2. The summed E-state index contributed by atoms with van der Waals surface area (Å²) in [6, 6.07) is 10.0. The number of benzene rings is 2. The molecule has 36 heavy (non-hydrogen) atoms. The summed E-state index contributed by atoms with van der Waals surface area (Å²) in [6.45, 7) is 0. The number of aromatic nitrogens is 1. The molecule has 0 radical (unpaired) electrons. The number of pyridine rings is 1. The van der Waals surface area contributed by atoms with Crippen LogP contribution in [0, 0.1) is 5.92 Å². The van der Waals surface area contributed by atoms with E-state index in [0.29, 0.717) is 24.0 Å². The smallest absolute Gasteiger partial charge is 0.417 e. The van der Waals surface area contributed by atoms with Crippen LogP contribution in [0.2, 0.25) is 0 Å². The van der Waals surface area contributed by atoms with Gasteiger partial charge < -0.3 is 15.0 Å². The van der Waals surface area contributed by atoms with E-state index in [1.807, 2.05) is 0 Å². The van der Waals surface area contributed by atoms with Crippen LogP contribution in [0.1, 0.15) is 34.2 Å². The maximum atomic E-state index is 14.5. The molecule has 5 rings (SSSR count). The molecule has 0 spiro atoms. The van der Waals surface area contributed by atoms with E-state index in [-0.39, 0.29) is 28.8 Å². The number of aliphatic carboxylic acids is 1. The van der Waals surface area contributed by atoms with Crippen LogP contribution in [0.15, 0.2) is 47.3 Å². The molecule has 1 aromatic heterocycles. The summed E-state index contributed by atoms with van der Waals surface area (Å²) in [4.78, 5) is 37.1. The molecule has 2 aromatic carbocycles. The van der Waals surface area contributed by atoms with Crippen molar-refractivity contribution >= 4 is 46.0 Å². The number of nitrogens with zero attached hydrogens (tertiary/aromatic N) is 1. The minimum atomic E-state index is -4.74. The van der Waals surface area contributed by atoms with Gasteiger partial charge in [-0.15, -0.1) is 0 Å². The molecule has 2 aliphatic rings. The lowest BCUT2D eigenvalue weighted by molar-refractivity contribution is -0.139. The van der Waals surface area contributed by atoms with Crippen molar-refractivity contribution in [2.75, 3.05) is 0 Å². The van der Waals surface area contributed by atoms with Crippen molar-refractivity contribution < 1.29 is 27.9 Å². The number of amides is 1. The van der Waals surface area contributed by atoms with E-state index in [9.17, 15) is 32.7 Å². The quantitative estimate of drug-likeness (QED) is 0.244. The third-order valence-electron chi connectivity index (χ3n) is 7.47. The van der Waals surface area contributed by atoms with Gasteiger partial charge in [0.15, 0.2) is 0 Å². The van der Waals surface area contributed by atoms with Crippen LogP contribution in [0.25, 0.3) is 10.9 Å². The zero-order chi connectivity index (χ0) is 26.0. The number of para-hydroxylation sites is 1. The minimum absolute atomic E-state index is 0.00134. The van der Waals surface area contributed by atoms with Gasteiger partial charge in [-0.25, -0.2) is 4.79 Å². The van der Waals surface area contributed by atoms with Crippen LogP contribution in [0.4, 0.5) is 18.0 Å². The number of fused-ring (bicyclic) bond motifs is 4. The first-order valence-corrected chi connectivity index (χ1v) is 13.8. The van der Waals surface area contributed by atoms with Gasteiger partial charge >= 0.3 is 12.1 Å². The van der Waals surface area contributed by atoms with Gasteiger partial charge in [0.2, 0.25) is 0 Å². The molecule has 1 heterocycles. The van der Waals surface area contributed by atoms with Gasteiger partial charge in [0.25, 0.3) is 9.47 Å². The van der Waals surface area contributed by atoms with Crippen molar-refractivity contribution in [3.63, 3.8) is 0 Å². The second-order valence-electron chi connectivity index (χ2n) is 9.30. The van der Waals surface area contributed by atoms with Crippen LogP contribution < -0.4 is 10.9 Å². The number of halogens is 4. The summed E-state index contributed by atoms with van der Waals surface area (Å²) in [7, 11) is 1.49. The predicted molar refractivity (Wildman–Crippen MR) is 138 cm³/mol. The van der Waals surface area contributed by atoms with Crippen LogP contribution in [-0.2, 0) is 36.3 Å². The zero-order valence-corrected chi connectivity index (χ0v) is 21.3. The molecule has 0 saturated heterocycles. The molecule has 188 valence electrons. The standard InChI is InChI=1S/C26H22F3IN2O4/c1-30-24(36)31-18(23(34)35)10-13-6-5-8-17-16(13)11-14-12-25(14,17)21-20(26(27,28)29)15-7-3-4-9-19(15)32(2)22(21)33/h3-9,14,18H,1,10-12H2,2H3,(H,31,36)(H,34,35)/t14?,18-,25?/m0/s1. The third kappa shape index (κ3) is 3.68. The predicted octanol–water partition coefficient (Wildman–Crippen LogP) is 4.53. The average molecular weight is 610 g/mol. The molecule has 0 aliphatic heterocycles. The fourth-order valence-electron chi connectivity index (χ4n) is 5.88. The molecular formula is C26H22F3IN2O4. The first kappa shape index (κ1) is 24.7. The number of hydrogen-bond acceptors (Lipinski definition) is 3. The van der Waals surface area contributed by atoms with Crippen molar-refractivity contribution in [3.8, 4) is 0 Å². The Labute approximate surface area is 213 Å². The van der Waals surface area contributed by atoms with E-state index in [1.165, 1.54) is 29.8 Å². The number of nitrogens with one attached hydrogen (secondary N) is 1. The Morgan fingerprint density at radius 1 is 1.25 bits per heavy atom. The number of carboxylic acid groups (broad SMARTS) is 1. The molecule has 1 fully saturated rings.